The van der Waals surface area contributed by atoms with Gasteiger partial charge in [0.1, 0.15) is 5.52 Å². The lowest BCUT2D eigenvalue weighted by atomic mass is 10.2. The van der Waals surface area contributed by atoms with Gasteiger partial charge in [-0.2, -0.15) is 0 Å². The molecule has 1 heterocycles. The number of rotatable bonds is 5. The van der Waals surface area contributed by atoms with Gasteiger partial charge in [-0.05, 0) is 48.9 Å². The Bertz CT molecular complexity index is 1080. The summed E-state index contributed by atoms with van der Waals surface area (Å²) in [6.45, 7) is 1.83. The van der Waals surface area contributed by atoms with Crippen LogP contribution in [0.4, 0.5) is 0 Å². The Morgan fingerprint density at radius 2 is 1.75 bits per heavy atom. The van der Waals surface area contributed by atoms with E-state index >= 15 is 0 Å². The number of hydrogen-bond acceptors (Lipinski definition) is 5. The average molecular weight is 418 g/mol. The highest BCUT2D eigenvalue weighted by Gasteiger charge is 2.15. The Morgan fingerprint density at radius 3 is 2.46 bits per heavy atom. The highest BCUT2D eigenvalue weighted by atomic mass is 35.5. The van der Waals surface area contributed by atoms with Crippen LogP contribution in [0.1, 0.15) is 11.3 Å². The van der Waals surface area contributed by atoms with Gasteiger partial charge in [0.2, 0.25) is 0 Å². The average Bonchev–Trinajstić information content (AvgIpc) is 2.69. The molecular weight excluding hydrogens is 401 g/mol. The number of aromatic nitrogens is 1. The van der Waals surface area contributed by atoms with Gasteiger partial charge in [0.25, 0.3) is 0 Å². The molecule has 2 aromatic carbocycles. The van der Waals surface area contributed by atoms with E-state index in [0.717, 1.165) is 11.3 Å². The van der Waals surface area contributed by atoms with Crippen LogP contribution in [0.15, 0.2) is 42.5 Å². The predicted octanol–water partition coefficient (Wildman–Crippen LogP) is 5.49. The van der Waals surface area contributed by atoms with Crippen molar-refractivity contribution in [2.45, 2.75) is 6.92 Å². The van der Waals surface area contributed by atoms with Crippen molar-refractivity contribution in [1.82, 2.24) is 4.98 Å². The fourth-order valence-electron chi connectivity index (χ4n) is 2.64. The minimum absolute atomic E-state index is 0.173. The first-order valence-electron chi connectivity index (χ1n) is 8.30. The van der Waals surface area contributed by atoms with Gasteiger partial charge in [-0.1, -0.05) is 29.3 Å². The highest BCUT2D eigenvalue weighted by molar-refractivity contribution is 6.39. The van der Waals surface area contributed by atoms with Crippen LogP contribution in [-0.2, 0) is 4.79 Å². The fraction of sp³-hybridized carbons (Fsp3) is 0.143. The highest BCUT2D eigenvalue weighted by Crippen LogP contribution is 2.37. The molecule has 0 N–H and O–H groups in total. The van der Waals surface area contributed by atoms with Crippen LogP contribution in [0, 0.1) is 6.92 Å². The summed E-state index contributed by atoms with van der Waals surface area (Å²) in [6, 6.07) is 10.5. The third-order valence-corrected chi connectivity index (χ3v) is 4.59. The number of fused-ring (bicyclic) bond motifs is 1. The van der Waals surface area contributed by atoms with Gasteiger partial charge in [-0.25, -0.2) is 9.78 Å². The largest absolute Gasteiger partial charge is 0.493 e. The lowest BCUT2D eigenvalue weighted by molar-refractivity contribution is -0.128. The standard InChI is InChI=1S/C21H17Cl2NO4/c1-12-4-7-14-15(22)11-16(23)21(20(14)24-12)28-19(25)9-6-13-5-8-17(26-2)18(10-13)27-3/h4-11H,1-3H3. The molecular formula is C21H17Cl2NO4. The van der Waals surface area contributed by atoms with Crippen LogP contribution < -0.4 is 14.2 Å². The molecule has 28 heavy (non-hydrogen) atoms. The van der Waals surface area contributed by atoms with E-state index in [2.05, 4.69) is 4.98 Å². The predicted molar refractivity (Wildman–Crippen MR) is 111 cm³/mol. The minimum atomic E-state index is -0.594. The van der Waals surface area contributed by atoms with E-state index in [9.17, 15) is 4.79 Å². The number of nitrogens with zero attached hydrogens (tertiary/aromatic N) is 1. The minimum Gasteiger partial charge on any atom is -0.493 e. The van der Waals surface area contributed by atoms with Crippen molar-refractivity contribution in [2.75, 3.05) is 14.2 Å². The van der Waals surface area contributed by atoms with Gasteiger partial charge in [0.05, 0.1) is 24.3 Å². The Morgan fingerprint density at radius 1 is 1.00 bits per heavy atom. The molecule has 144 valence electrons. The normalized spacial score (nSPS) is 11.0. The number of carbonyl (C=O) groups excluding carboxylic acids is 1. The molecule has 0 aliphatic heterocycles. The molecule has 0 unspecified atom stereocenters. The maximum absolute atomic E-state index is 12.3. The van der Waals surface area contributed by atoms with E-state index in [1.807, 2.05) is 19.1 Å². The molecule has 0 fully saturated rings. The van der Waals surface area contributed by atoms with Gasteiger partial charge in [0.15, 0.2) is 17.2 Å². The quantitative estimate of drug-likeness (QED) is 0.312. The summed E-state index contributed by atoms with van der Waals surface area (Å²) >= 11 is 12.5. The molecule has 0 saturated heterocycles. The van der Waals surface area contributed by atoms with Crippen LogP contribution in [0.2, 0.25) is 10.0 Å². The monoisotopic (exact) mass is 417 g/mol. The second-order valence-electron chi connectivity index (χ2n) is 5.89. The molecule has 0 bridgehead atoms. The van der Waals surface area contributed by atoms with E-state index in [-0.39, 0.29) is 10.8 Å². The third-order valence-electron chi connectivity index (χ3n) is 4.00. The molecule has 0 spiro atoms. The lowest BCUT2D eigenvalue weighted by Gasteiger charge is -2.10. The molecule has 0 aliphatic carbocycles. The van der Waals surface area contributed by atoms with Crippen molar-refractivity contribution >= 4 is 46.2 Å². The molecule has 5 nitrogen and oxygen atoms in total. The number of aryl methyl sites for hydroxylation is 1. The van der Waals surface area contributed by atoms with E-state index in [1.54, 1.807) is 38.5 Å². The van der Waals surface area contributed by atoms with Crippen molar-refractivity contribution < 1.29 is 19.0 Å². The second kappa shape index (κ2) is 8.50. The zero-order valence-corrected chi connectivity index (χ0v) is 17.0. The summed E-state index contributed by atoms with van der Waals surface area (Å²) in [5, 5.41) is 1.31. The maximum atomic E-state index is 12.3. The maximum Gasteiger partial charge on any atom is 0.336 e. The Hall–Kier alpha value is -2.76. The zero-order chi connectivity index (χ0) is 20.3. The van der Waals surface area contributed by atoms with Crippen LogP contribution in [0.25, 0.3) is 17.0 Å². The van der Waals surface area contributed by atoms with Gasteiger partial charge < -0.3 is 14.2 Å². The topological polar surface area (TPSA) is 57.7 Å². The Kier molecular flexibility index (Phi) is 6.07. The first-order valence-corrected chi connectivity index (χ1v) is 9.05. The van der Waals surface area contributed by atoms with Crippen molar-refractivity contribution in [3.8, 4) is 17.2 Å². The Balaban J connectivity index is 1.88. The van der Waals surface area contributed by atoms with Gasteiger partial charge in [0, 0.05) is 17.2 Å². The molecule has 0 atom stereocenters. The summed E-state index contributed by atoms with van der Waals surface area (Å²) in [5.41, 5.74) is 1.94. The smallest absolute Gasteiger partial charge is 0.336 e. The van der Waals surface area contributed by atoms with Crippen molar-refractivity contribution in [1.29, 1.82) is 0 Å². The number of esters is 1. The summed E-state index contributed by atoms with van der Waals surface area (Å²) in [5.74, 6) is 0.739. The van der Waals surface area contributed by atoms with Crippen LogP contribution in [-0.4, -0.2) is 25.2 Å². The van der Waals surface area contributed by atoms with Crippen LogP contribution >= 0.6 is 23.2 Å². The number of halogens is 2. The summed E-state index contributed by atoms with van der Waals surface area (Å²) in [4.78, 5) is 16.8. The van der Waals surface area contributed by atoms with Crippen molar-refractivity contribution in [3.05, 3.63) is 63.8 Å². The zero-order valence-electron chi connectivity index (χ0n) is 15.5. The number of methoxy groups -OCH3 is 2. The van der Waals surface area contributed by atoms with Crippen molar-refractivity contribution in [3.63, 3.8) is 0 Å². The summed E-state index contributed by atoms with van der Waals surface area (Å²) in [6.07, 6.45) is 2.91. The van der Waals surface area contributed by atoms with Gasteiger partial charge >= 0.3 is 5.97 Å². The third kappa shape index (κ3) is 4.21. The molecule has 7 heteroatoms. The number of hydrogen-bond donors (Lipinski definition) is 0. The summed E-state index contributed by atoms with van der Waals surface area (Å²) < 4.78 is 15.9. The molecule has 0 amide bonds. The molecule has 0 radical (unpaired) electrons. The molecule has 3 rings (SSSR count). The van der Waals surface area contributed by atoms with Crippen LogP contribution in [0.3, 0.4) is 0 Å². The van der Waals surface area contributed by atoms with Gasteiger partial charge in [-0.15, -0.1) is 0 Å². The van der Waals surface area contributed by atoms with Gasteiger partial charge in [-0.3, -0.25) is 0 Å². The first-order chi connectivity index (χ1) is 13.4. The Labute approximate surface area is 172 Å². The molecule has 0 aliphatic rings. The second-order valence-corrected chi connectivity index (χ2v) is 6.70. The first kappa shape index (κ1) is 20.0. The molecule has 0 saturated carbocycles. The fourth-order valence-corrected chi connectivity index (χ4v) is 3.20. The van der Waals surface area contributed by atoms with E-state index in [4.69, 9.17) is 37.4 Å². The summed E-state index contributed by atoms with van der Waals surface area (Å²) in [7, 11) is 3.10. The van der Waals surface area contributed by atoms with E-state index in [1.165, 1.54) is 12.1 Å². The van der Waals surface area contributed by atoms with E-state index < -0.39 is 5.97 Å². The molecule has 3 aromatic rings. The molecule has 1 aromatic heterocycles. The van der Waals surface area contributed by atoms with Crippen molar-refractivity contribution in [2.24, 2.45) is 0 Å². The number of carbonyl (C=O) groups is 1. The SMILES string of the molecule is COc1ccc(C=CC(=O)Oc2c(Cl)cc(Cl)c3ccc(C)nc23)cc1OC. The number of benzene rings is 2. The number of pyridine rings is 1. The lowest BCUT2D eigenvalue weighted by Crippen LogP contribution is -2.05. The van der Waals surface area contributed by atoms with Crippen LogP contribution in [0.5, 0.6) is 17.2 Å². The van der Waals surface area contributed by atoms with E-state index in [0.29, 0.717) is 27.4 Å². The number of ether oxygens (including phenoxy) is 3.